The van der Waals surface area contributed by atoms with E-state index in [-0.39, 0.29) is 18.0 Å². The van der Waals surface area contributed by atoms with E-state index >= 15 is 0 Å². The van der Waals surface area contributed by atoms with Crippen LogP contribution in [-0.4, -0.2) is 12.1 Å². The van der Waals surface area contributed by atoms with Crippen LogP contribution in [0.5, 0.6) is 5.75 Å². The molecule has 15 heavy (non-hydrogen) atoms. The normalized spacial score (nSPS) is 17.5. The summed E-state index contributed by atoms with van der Waals surface area (Å²) in [4.78, 5) is 0. The van der Waals surface area contributed by atoms with Crippen molar-refractivity contribution in [1.82, 2.24) is 0 Å². The van der Waals surface area contributed by atoms with E-state index in [0.29, 0.717) is 0 Å². The van der Waals surface area contributed by atoms with Gasteiger partial charge in [-0.1, -0.05) is 12.1 Å². The molecule has 0 aromatic heterocycles. The van der Waals surface area contributed by atoms with Gasteiger partial charge < -0.3 is 10.1 Å². The number of nitrogens with one attached hydrogen (secondary N) is 1. The van der Waals surface area contributed by atoms with E-state index in [0.717, 1.165) is 24.4 Å². The number of para-hydroxylation sites is 1. The largest absolute Gasteiger partial charge is 0.485 e. The van der Waals surface area contributed by atoms with Crippen molar-refractivity contribution in [2.24, 2.45) is 0 Å². The van der Waals surface area contributed by atoms with Gasteiger partial charge >= 0.3 is 0 Å². The highest BCUT2D eigenvalue weighted by Crippen LogP contribution is 2.34. The Morgan fingerprint density at radius 2 is 2.07 bits per heavy atom. The first-order valence-electron chi connectivity index (χ1n) is 5.11. The summed E-state index contributed by atoms with van der Waals surface area (Å²) in [6.07, 6.45) is 1.03. The van der Waals surface area contributed by atoms with Gasteiger partial charge in [0.15, 0.2) is 0 Å². The fourth-order valence-electron chi connectivity index (χ4n) is 1.75. The number of halogens is 1. The van der Waals surface area contributed by atoms with Crippen molar-refractivity contribution in [3.8, 4) is 5.75 Å². The molecule has 3 heteroatoms. The van der Waals surface area contributed by atoms with Crippen molar-refractivity contribution in [1.29, 1.82) is 0 Å². The smallest absolute Gasteiger partial charge is 0.146 e. The third kappa shape index (κ3) is 2.57. The lowest BCUT2D eigenvalue weighted by atomic mass is 10.1. The molecule has 0 unspecified atom stereocenters. The summed E-state index contributed by atoms with van der Waals surface area (Å²) in [5, 5.41) is 3.40. The molecule has 1 aromatic carbocycles. The molecule has 1 N–H and O–H groups in total. The van der Waals surface area contributed by atoms with Gasteiger partial charge in [-0.05, 0) is 32.4 Å². The van der Waals surface area contributed by atoms with Crippen LogP contribution in [0.3, 0.4) is 0 Å². The Hall–Kier alpha value is -0.890. The lowest BCUT2D eigenvalue weighted by molar-refractivity contribution is 0.108. The van der Waals surface area contributed by atoms with E-state index < -0.39 is 0 Å². The molecule has 2 rings (SSSR count). The molecule has 0 amide bonds. The molecular formula is C12H18ClNO. The minimum atomic E-state index is -0.0651. The van der Waals surface area contributed by atoms with E-state index in [4.69, 9.17) is 4.74 Å². The van der Waals surface area contributed by atoms with Crippen LogP contribution in [0.15, 0.2) is 18.2 Å². The van der Waals surface area contributed by atoms with Crippen LogP contribution in [0.4, 0.5) is 5.69 Å². The van der Waals surface area contributed by atoms with Crippen molar-refractivity contribution < 1.29 is 4.74 Å². The Morgan fingerprint density at radius 3 is 2.80 bits per heavy atom. The fourth-order valence-corrected chi connectivity index (χ4v) is 1.75. The number of aryl methyl sites for hydroxylation is 1. The zero-order valence-electron chi connectivity index (χ0n) is 9.46. The average molecular weight is 228 g/mol. The predicted octanol–water partition coefficient (Wildman–Crippen LogP) is 3.39. The third-order valence-corrected chi connectivity index (χ3v) is 2.63. The average Bonchev–Trinajstić information content (AvgIpc) is 2.24. The third-order valence-electron chi connectivity index (χ3n) is 2.63. The Bertz CT molecular complexity index is 349. The lowest BCUT2D eigenvalue weighted by Gasteiger charge is -2.24. The topological polar surface area (TPSA) is 21.3 Å². The number of hydrogen-bond acceptors (Lipinski definition) is 2. The molecule has 84 valence electrons. The number of ether oxygens (including phenoxy) is 1. The number of benzene rings is 1. The zero-order valence-corrected chi connectivity index (χ0v) is 10.3. The van der Waals surface area contributed by atoms with Gasteiger partial charge in [0.1, 0.15) is 11.4 Å². The molecule has 1 heterocycles. The van der Waals surface area contributed by atoms with Crippen molar-refractivity contribution >= 4 is 18.1 Å². The van der Waals surface area contributed by atoms with Gasteiger partial charge in [-0.2, -0.15) is 0 Å². The molecule has 2 nitrogen and oxygen atoms in total. The summed E-state index contributed by atoms with van der Waals surface area (Å²) in [6.45, 7) is 7.33. The first-order chi connectivity index (χ1) is 6.58. The monoisotopic (exact) mass is 227 g/mol. The van der Waals surface area contributed by atoms with Crippen LogP contribution >= 0.6 is 12.4 Å². The second-order valence-electron chi connectivity index (χ2n) is 4.49. The van der Waals surface area contributed by atoms with E-state index in [1.54, 1.807) is 0 Å². The van der Waals surface area contributed by atoms with E-state index in [9.17, 15) is 0 Å². The second kappa shape index (κ2) is 4.31. The molecule has 0 radical (unpaired) electrons. The molecule has 1 aromatic rings. The molecule has 0 saturated heterocycles. The maximum absolute atomic E-state index is 6.01. The maximum atomic E-state index is 6.01. The summed E-state index contributed by atoms with van der Waals surface area (Å²) >= 11 is 0. The molecule has 0 saturated carbocycles. The van der Waals surface area contributed by atoms with Crippen molar-refractivity contribution in [3.63, 3.8) is 0 Å². The second-order valence-corrected chi connectivity index (χ2v) is 4.49. The van der Waals surface area contributed by atoms with Gasteiger partial charge in [0.05, 0.1) is 5.69 Å². The van der Waals surface area contributed by atoms with Crippen molar-refractivity contribution in [3.05, 3.63) is 23.8 Å². The van der Waals surface area contributed by atoms with Crippen LogP contribution in [0.25, 0.3) is 0 Å². The van der Waals surface area contributed by atoms with Gasteiger partial charge in [-0.3, -0.25) is 0 Å². The molecule has 0 aliphatic carbocycles. The summed E-state index contributed by atoms with van der Waals surface area (Å²) < 4.78 is 6.01. The summed E-state index contributed by atoms with van der Waals surface area (Å²) in [6, 6.07) is 6.22. The summed E-state index contributed by atoms with van der Waals surface area (Å²) in [5.41, 5.74) is 2.25. The van der Waals surface area contributed by atoms with E-state index in [1.807, 2.05) is 0 Å². The molecule has 0 bridgehead atoms. The Kier molecular flexibility index (Phi) is 3.50. The minimum absolute atomic E-state index is 0. The number of fused-ring (bicyclic) bond motifs is 1. The molecule has 1 aliphatic rings. The highest BCUT2D eigenvalue weighted by Gasteiger charge is 2.24. The number of anilines is 1. The van der Waals surface area contributed by atoms with Crippen molar-refractivity contribution in [2.75, 3.05) is 11.9 Å². The van der Waals surface area contributed by atoms with Crippen LogP contribution < -0.4 is 10.1 Å². The van der Waals surface area contributed by atoms with Crippen LogP contribution in [-0.2, 0) is 0 Å². The number of hydrogen-bond donors (Lipinski definition) is 1. The Morgan fingerprint density at radius 1 is 1.33 bits per heavy atom. The summed E-state index contributed by atoms with van der Waals surface area (Å²) in [5.74, 6) is 1.01. The Labute approximate surface area is 97.4 Å². The Balaban J connectivity index is 0.00000112. The molecule has 0 spiro atoms. The van der Waals surface area contributed by atoms with Gasteiger partial charge in [0.25, 0.3) is 0 Å². The van der Waals surface area contributed by atoms with Gasteiger partial charge in [-0.25, -0.2) is 0 Å². The van der Waals surface area contributed by atoms with E-state index in [1.165, 1.54) is 5.56 Å². The van der Waals surface area contributed by atoms with Crippen molar-refractivity contribution in [2.45, 2.75) is 32.8 Å². The predicted molar refractivity (Wildman–Crippen MR) is 66.2 cm³/mol. The highest BCUT2D eigenvalue weighted by molar-refractivity contribution is 5.85. The van der Waals surface area contributed by atoms with Gasteiger partial charge in [0, 0.05) is 13.0 Å². The molecular weight excluding hydrogens is 210 g/mol. The van der Waals surface area contributed by atoms with Gasteiger partial charge in [0.2, 0.25) is 0 Å². The molecule has 0 atom stereocenters. The summed E-state index contributed by atoms with van der Waals surface area (Å²) in [7, 11) is 0. The quantitative estimate of drug-likeness (QED) is 0.734. The fraction of sp³-hybridized carbons (Fsp3) is 0.500. The highest BCUT2D eigenvalue weighted by atomic mass is 35.5. The van der Waals surface area contributed by atoms with Gasteiger partial charge in [-0.15, -0.1) is 12.4 Å². The SMILES string of the molecule is Cc1cccc2c1OC(C)(C)CCN2.Cl. The lowest BCUT2D eigenvalue weighted by Crippen LogP contribution is -2.28. The molecule has 0 fully saturated rings. The first-order valence-corrected chi connectivity index (χ1v) is 5.11. The van der Waals surface area contributed by atoms with E-state index in [2.05, 4.69) is 44.3 Å². The standard InChI is InChI=1S/C12H17NO.ClH/c1-9-5-4-6-10-11(9)14-12(2,3)7-8-13-10;/h4-6,13H,7-8H2,1-3H3;1H. The van der Waals surface area contributed by atoms with Crippen LogP contribution in [0.1, 0.15) is 25.8 Å². The number of rotatable bonds is 0. The maximum Gasteiger partial charge on any atom is 0.146 e. The van der Waals surface area contributed by atoms with Crippen LogP contribution in [0.2, 0.25) is 0 Å². The zero-order chi connectivity index (χ0) is 10.2. The first kappa shape index (κ1) is 12.2. The van der Waals surface area contributed by atoms with Crippen LogP contribution in [0, 0.1) is 6.92 Å². The minimum Gasteiger partial charge on any atom is -0.485 e. The molecule has 1 aliphatic heterocycles.